The SMILES string of the molecule is CC(=O)N1CCCC1c1ccc(Nc2ncc3c(N)c(F)c(-c4cnc5c(c4C)NCCO5)cc3n2)cc1. The largest absolute Gasteiger partial charge is 0.474 e. The van der Waals surface area contributed by atoms with E-state index in [1.165, 1.54) is 6.20 Å². The number of hydrogen-bond donors (Lipinski definition) is 3. The van der Waals surface area contributed by atoms with Crippen LogP contribution >= 0.6 is 0 Å². The lowest BCUT2D eigenvalue weighted by atomic mass is 9.98. The number of nitrogens with two attached hydrogens (primary N) is 1. The summed E-state index contributed by atoms with van der Waals surface area (Å²) in [5, 5.41) is 6.93. The molecular weight excluding hydrogens is 485 g/mol. The third-order valence-electron chi connectivity index (χ3n) is 7.31. The molecule has 1 fully saturated rings. The van der Waals surface area contributed by atoms with E-state index in [4.69, 9.17) is 10.5 Å². The number of benzene rings is 2. The highest BCUT2D eigenvalue weighted by Gasteiger charge is 2.27. The van der Waals surface area contributed by atoms with E-state index < -0.39 is 5.82 Å². The van der Waals surface area contributed by atoms with Crippen LogP contribution in [0.5, 0.6) is 5.88 Å². The number of ether oxygens (including phenoxy) is 1. The number of carbonyl (C=O) groups excluding carboxylic acids is 1. The summed E-state index contributed by atoms with van der Waals surface area (Å²) >= 11 is 0. The Balaban J connectivity index is 1.31. The number of rotatable bonds is 4. The summed E-state index contributed by atoms with van der Waals surface area (Å²) in [6.07, 6.45) is 5.09. The highest BCUT2D eigenvalue weighted by molar-refractivity contribution is 5.96. The molecule has 6 rings (SSSR count). The summed E-state index contributed by atoms with van der Waals surface area (Å²) in [7, 11) is 0. The Hall–Kier alpha value is -4.47. The Labute approximate surface area is 219 Å². The molecule has 2 aromatic heterocycles. The van der Waals surface area contributed by atoms with E-state index in [9.17, 15) is 4.79 Å². The van der Waals surface area contributed by atoms with Crippen molar-refractivity contribution in [2.24, 2.45) is 0 Å². The molecule has 0 aliphatic carbocycles. The van der Waals surface area contributed by atoms with E-state index in [-0.39, 0.29) is 17.6 Å². The minimum Gasteiger partial charge on any atom is -0.474 e. The molecular formula is C28H28FN7O2. The molecule has 194 valence electrons. The van der Waals surface area contributed by atoms with Gasteiger partial charge in [-0.1, -0.05) is 12.1 Å². The molecule has 1 atom stereocenters. The second-order valence-corrected chi connectivity index (χ2v) is 9.65. The Morgan fingerprint density at radius 1 is 1.21 bits per heavy atom. The van der Waals surface area contributed by atoms with Gasteiger partial charge in [-0.15, -0.1) is 0 Å². The molecule has 38 heavy (non-hydrogen) atoms. The minimum absolute atomic E-state index is 0.0127. The predicted octanol–water partition coefficient (Wildman–Crippen LogP) is 4.95. The Morgan fingerprint density at radius 2 is 2.03 bits per heavy atom. The van der Waals surface area contributed by atoms with Gasteiger partial charge >= 0.3 is 0 Å². The van der Waals surface area contributed by atoms with Crippen molar-refractivity contribution in [3.63, 3.8) is 0 Å². The topological polar surface area (TPSA) is 118 Å². The highest BCUT2D eigenvalue weighted by atomic mass is 19.1. The second kappa shape index (κ2) is 9.44. The zero-order chi connectivity index (χ0) is 26.4. The summed E-state index contributed by atoms with van der Waals surface area (Å²) in [5.41, 5.74) is 11.1. The van der Waals surface area contributed by atoms with Crippen LogP contribution in [-0.2, 0) is 4.79 Å². The van der Waals surface area contributed by atoms with Crippen molar-refractivity contribution in [1.29, 1.82) is 0 Å². The molecule has 0 bridgehead atoms. The summed E-state index contributed by atoms with van der Waals surface area (Å²) in [6, 6.07) is 9.71. The van der Waals surface area contributed by atoms with Crippen molar-refractivity contribution in [2.75, 3.05) is 36.1 Å². The van der Waals surface area contributed by atoms with Crippen LogP contribution in [0.15, 0.2) is 42.7 Å². The number of likely N-dealkylation sites (tertiary alicyclic amines) is 1. The molecule has 4 N–H and O–H groups in total. The van der Waals surface area contributed by atoms with Crippen molar-refractivity contribution in [3.8, 4) is 17.0 Å². The second-order valence-electron chi connectivity index (χ2n) is 9.65. The van der Waals surface area contributed by atoms with Crippen LogP contribution in [0.2, 0.25) is 0 Å². The van der Waals surface area contributed by atoms with E-state index >= 15 is 4.39 Å². The molecule has 1 amide bonds. The lowest BCUT2D eigenvalue weighted by molar-refractivity contribution is -0.129. The maximum atomic E-state index is 15.4. The number of nitrogen functional groups attached to an aromatic ring is 1. The van der Waals surface area contributed by atoms with Gasteiger partial charge in [-0.3, -0.25) is 4.79 Å². The zero-order valence-electron chi connectivity index (χ0n) is 21.2. The van der Waals surface area contributed by atoms with Gasteiger partial charge in [0.15, 0.2) is 5.82 Å². The third kappa shape index (κ3) is 4.11. The van der Waals surface area contributed by atoms with Gasteiger partial charge in [-0.05, 0) is 49.1 Å². The van der Waals surface area contributed by atoms with Crippen LogP contribution in [0.4, 0.5) is 27.4 Å². The monoisotopic (exact) mass is 513 g/mol. The first kappa shape index (κ1) is 23.9. The smallest absolute Gasteiger partial charge is 0.237 e. The minimum atomic E-state index is -0.537. The summed E-state index contributed by atoms with van der Waals surface area (Å²) in [4.78, 5) is 27.2. The number of amides is 1. The number of fused-ring (bicyclic) bond motifs is 2. The van der Waals surface area contributed by atoms with Crippen LogP contribution in [0, 0.1) is 12.7 Å². The Bertz CT molecular complexity index is 1560. The van der Waals surface area contributed by atoms with Gasteiger partial charge in [0.1, 0.15) is 12.3 Å². The Kier molecular flexibility index (Phi) is 5.94. The third-order valence-corrected chi connectivity index (χ3v) is 7.31. The van der Waals surface area contributed by atoms with E-state index in [0.29, 0.717) is 47.0 Å². The van der Waals surface area contributed by atoms with E-state index in [2.05, 4.69) is 25.6 Å². The number of halogens is 1. The molecule has 4 heterocycles. The maximum Gasteiger partial charge on any atom is 0.237 e. The molecule has 0 radical (unpaired) electrons. The predicted molar refractivity (Wildman–Crippen MR) is 145 cm³/mol. The van der Waals surface area contributed by atoms with Gasteiger partial charge in [-0.25, -0.2) is 19.3 Å². The summed E-state index contributed by atoms with van der Waals surface area (Å²) < 4.78 is 21.0. The first-order valence-electron chi connectivity index (χ1n) is 12.7. The highest BCUT2D eigenvalue weighted by Crippen LogP contribution is 2.39. The fourth-order valence-corrected chi connectivity index (χ4v) is 5.33. The van der Waals surface area contributed by atoms with Crippen LogP contribution < -0.4 is 21.1 Å². The molecule has 10 heteroatoms. The molecule has 0 saturated carbocycles. The number of anilines is 4. The van der Waals surface area contributed by atoms with E-state index in [1.54, 1.807) is 19.2 Å². The van der Waals surface area contributed by atoms with Crippen molar-refractivity contribution in [2.45, 2.75) is 32.7 Å². The molecule has 0 spiro atoms. The lowest BCUT2D eigenvalue weighted by Crippen LogP contribution is -2.27. The van der Waals surface area contributed by atoms with Crippen LogP contribution in [-0.4, -0.2) is 45.5 Å². The van der Waals surface area contributed by atoms with Gasteiger partial charge in [0.2, 0.25) is 17.7 Å². The van der Waals surface area contributed by atoms with Crippen molar-refractivity contribution < 1.29 is 13.9 Å². The number of nitrogens with one attached hydrogen (secondary N) is 2. The number of hydrogen-bond acceptors (Lipinski definition) is 8. The first-order valence-corrected chi connectivity index (χ1v) is 12.7. The summed E-state index contributed by atoms with van der Waals surface area (Å²) in [6.45, 7) is 5.49. The van der Waals surface area contributed by atoms with Crippen LogP contribution in [0.1, 0.15) is 36.9 Å². The molecule has 9 nitrogen and oxygen atoms in total. The fourth-order valence-electron chi connectivity index (χ4n) is 5.33. The van der Waals surface area contributed by atoms with Crippen molar-refractivity contribution in [1.82, 2.24) is 19.9 Å². The summed E-state index contributed by atoms with van der Waals surface area (Å²) in [5.74, 6) is 0.433. The van der Waals surface area contributed by atoms with Gasteiger partial charge in [-0.2, -0.15) is 0 Å². The van der Waals surface area contributed by atoms with Gasteiger partial charge in [0.25, 0.3) is 0 Å². The standard InChI is InChI=1S/C28H28FN7O2/c1-15-20(13-32-27-26(15)31-9-11-38-27)19-12-22-21(25(30)24(19)29)14-33-28(35-22)34-18-7-5-17(6-8-18)23-4-3-10-36(23)16(2)37/h5-8,12-14,23,31H,3-4,9-11,30H2,1-2H3,(H,33,34,35). The number of aromatic nitrogens is 3. The average molecular weight is 514 g/mol. The van der Waals surface area contributed by atoms with Gasteiger partial charge < -0.3 is 26.0 Å². The number of carbonyl (C=O) groups is 1. The number of nitrogens with zero attached hydrogens (tertiary/aromatic N) is 4. The molecule has 2 aliphatic heterocycles. The first-order chi connectivity index (χ1) is 18.4. The lowest BCUT2D eigenvalue weighted by Gasteiger charge is -2.23. The molecule has 4 aromatic rings. The molecule has 2 aromatic carbocycles. The molecule has 1 unspecified atom stereocenters. The zero-order valence-corrected chi connectivity index (χ0v) is 21.2. The molecule has 2 aliphatic rings. The van der Waals surface area contributed by atoms with E-state index in [1.807, 2.05) is 36.1 Å². The van der Waals surface area contributed by atoms with Crippen LogP contribution in [0.3, 0.4) is 0 Å². The fraction of sp³-hybridized carbons (Fsp3) is 0.286. The van der Waals surface area contributed by atoms with Gasteiger partial charge in [0, 0.05) is 54.6 Å². The normalized spacial score (nSPS) is 16.6. The number of pyridine rings is 1. The average Bonchev–Trinajstić information content (AvgIpc) is 3.42. The van der Waals surface area contributed by atoms with Crippen molar-refractivity contribution >= 4 is 39.8 Å². The van der Waals surface area contributed by atoms with E-state index in [0.717, 1.165) is 41.9 Å². The Morgan fingerprint density at radius 3 is 2.82 bits per heavy atom. The maximum absolute atomic E-state index is 15.4. The quantitative estimate of drug-likeness (QED) is 0.328. The van der Waals surface area contributed by atoms with Gasteiger partial charge in [0.05, 0.1) is 17.2 Å². The molecule has 1 saturated heterocycles. The van der Waals surface area contributed by atoms with Crippen LogP contribution in [0.25, 0.3) is 22.0 Å². The van der Waals surface area contributed by atoms with Crippen molar-refractivity contribution in [3.05, 3.63) is 59.7 Å².